The molecular weight excluding hydrogens is 391 g/mol. The van der Waals surface area contributed by atoms with Crippen LogP contribution in [0, 0.1) is 5.82 Å². The lowest BCUT2D eigenvalue weighted by Gasteiger charge is -2.14. The van der Waals surface area contributed by atoms with Crippen molar-refractivity contribution in [2.24, 2.45) is 0 Å². The highest BCUT2D eigenvalue weighted by molar-refractivity contribution is 5.90. The number of benzene rings is 1. The third-order valence-electron chi connectivity index (χ3n) is 4.59. The molecular formula is C20H19FN6O3. The minimum absolute atomic E-state index is 0.205. The number of carbonyl (C=O) groups excluding carboxylic acids is 2. The molecule has 1 aliphatic rings. The molecule has 10 heteroatoms. The molecule has 9 nitrogen and oxygen atoms in total. The number of hydrogen-bond donors (Lipinski definition) is 1. The maximum atomic E-state index is 14.8. The number of nitrogens with zero attached hydrogens (tertiary/aromatic N) is 5. The fourth-order valence-corrected chi connectivity index (χ4v) is 3.15. The summed E-state index contributed by atoms with van der Waals surface area (Å²) in [4.78, 5) is 28.5. The minimum Gasteiger partial charge on any atom is -0.442 e. The molecule has 3 aromatic rings. The second kappa shape index (κ2) is 8.27. The molecule has 1 aliphatic heterocycles. The number of pyridine rings is 1. The van der Waals surface area contributed by atoms with Gasteiger partial charge < -0.3 is 10.1 Å². The summed E-state index contributed by atoms with van der Waals surface area (Å²) in [7, 11) is 0. The molecule has 2 aromatic heterocycles. The molecule has 30 heavy (non-hydrogen) atoms. The summed E-state index contributed by atoms with van der Waals surface area (Å²) in [5, 5.41) is 10.7. The fraction of sp³-hybridized carbons (Fsp3) is 0.250. The van der Waals surface area contributed by atoms with Crippen LogP contribution in [0.25, 0.3) is 5.69 Å². The van der Waals surface area contributed by atoms with Crippen LogP contribution in [0.4, 0.5) is 14.9 Å². The summed E-state index contributed by atoms with van der Waals surface area (Å²) in [6.07, 6.45) is 4.53. The maximum Gasteiger partial charge on any atom is 0.414 e. The lowest BCUT2D eigenvalue weighted by atomic mass is 10.2. The Morgan fingerprint density at radius 3 is 2.97 bits per heavy atom. The molecule has 1 fully saturated rings. The molecule has 1 saturated heterocycles. The molecule has 1 atom stereocenters. The van der Waals surface area contributed by atoms with Crippen molar-refractivity contribution in [2.45, 2.75) is 19.4 Å². The SMILES string of the molecule is CC(=O)NCC1CN(c2ccc(-n3cc(Cc4cccnc4)nn3)c(F)c2)C(=O)O1. The molecule has 1 unspecified atom stereocenters. The number of carbonyl (C=O) groups is 2. The number of nitrogens with one attached hydrogen (secondary N) is 1. The zero-order valence-electron chi connectivity index (χ0n) is 16.2. The number of ether oxygens (including phenoxy) is 1. The van der Waals surface area contributed by atoms with Crippen molar-refractivity contribution in [1.29, 1.82) is 0 Å². The average molecular weight is 410 g/mol. The van der Waals surface area contributed by atoms with E-state index < -0.39 is 18.0 Å². The van der Waals surface area contributed by atoms with Gasteiger partial charge in [-0.1, -0.05) is 11.3 Å². The monoisotopic (exact) mass is 410 g/mol. The van der Waals surface area contributed by atoms with Crippen molar-refractivity contribution in [3.63, 3.8) is 0 Å². The third-order valence-corrected chi connectivity index (χ3v) is 4.59. The molecule has 1 N–H and O–H groups in total. The van der Waals surface area contributed by atoms with Gasteiger partial charge in [0, 0.05) is 25.7 Å². The molecule has 0 bridgehead atoms. The van der Waals surface area contributed by atoms with E-state index in [0.717, 1.165) is 5.56 Å². The molecule has 0 spiro atoms. The van der Waals surface area contributed by atoms with E-state index in [0.29, 0.717) is 17.8 Å². The Kier molecular flexibility index (Phi) is 5.38. The Morgan fingerprint density at radius 1 is 1.37 bits per heavy atom. The van der Waals surface area contributed by atoms with Gasteiger partial charge in [0.05, 0.1) is 30.7 Å². The number of rotatable bonds is 6. The zero-order chi connectivity index (χ0) is 21.1. The van der Waals surface area contributed by atoms with Crippen LogP contribution >= 0.6 is 0 Å². The summed E-state index contributed by atoms with van der Waals surface area (Å²) in [6, 6.07) is 8.16. The summed E-state index contributed by atoms with van der Waals surface area (Å²) in [5.74, 6) is -0.765. The Balaban J connectivity index is 1.47. The highest BCUT2D eigenvalue weighted by Crippen LogP contribution is 2.25. The maximum absolute atomic E-state index is 14.8. The molecule has 1 aromatic carbocycles. The Labute approximate surface area is 171 Å². The molecule has 0 radical (unpaired) electrons. The number of anilines is 1. The topological polar surface area (TPSA) is 102 Å². The van der Waals surface area contributed by atoms with Crippen molar-refractivity contribution < 1.29 is 18.7 Å². The predicted octanol–water partition coefficient (Wildman–Crippen LogP) is 1.85. The number of halogens is 1. The normalized spacial score (nSPS) is 15.9. The lowest BCUT2D eigenvalue weighted by molar-refractivity contribution is -0.119. The largest absolute Gasteiger partial charge is 0.442 e. The van der Waals surface area contributed by atoms with Gasteiger partial charge in [0.2, 0.25) is 5.91 Å². The van der Waals surface area contributed by atoms with E-state index in [4.69, 9.17) is 4.74 Å². The highest BCUT2D eigenvalue weighted by atomic mass is 19.1. The van der Waals surface area contributed by atoms with Crippen LogP contribution in [0.5, 0.6) is 0 Å². The number of amides is 2. The minimum atomic E-state index is -0.586. The van der Waals surface area contributed by atoms with E-state index in [9.17, 15) is 14.0 Å². The second-order valence-electron chi connectivity index (χ2n) is 6.88. The standard InChI is InChI=1S/C20H19FN6O3/c1-13(28)23-10-17-12-26(20(29)30-17)16-4-5-19(18(21)8-16)27-11-15(24-25-27)7-14-3-2-6-22-9-14/h2-6,8-9,11,17H,7,10,12H2,1H3,(H,23,28). The van der Waals surface area contributed by atoms with Crippen LogP contribution in [0.2, 0.25) is 0 Å². The summed E-state index contributed by atoms with van der Waals surface area (Å²) < 4.78 is 21.3. The summed E-state index contributed by atoms with van der Waals surface area (Å²) >= 11 is 0. The van der Waals surface area contributed by atoms with Crippen molar-refractivity contribution in [2.75, 3.05) is 18.0 Å². The van der Waals surface area contributed by atoms with Crippen LogP contribution in [-0.4, -0.2) is 51.2 Å². The molecule has 0 saturated carbocycles. The predicted molar refractivity (Wildman–Crippen MR) is 105 cm³/mol. The average Bonchev–Trinajstić information content (AvgIpc) is 3.33. The first-order valence-electron chi connectivity index (χ1n) is 9.32. The van der Waals surface area contributed by atoms with E-state index in [2.05, 4.69) is 20.6 Å². The second-order valence-corrected chi connectivity index (χ2v) is 6.88. The van der Waals surface area contributed by atoms with Gasteiger partial charge in [-0.25, -0.2) is 13.9 Å². The third kappa shape index (κ3) is 4.27. The van der Waals surface area contributed by atoms with Crippen LogP contribution in [0.3, 0.4) is 0 Å². The quantitative estimate of drug-likeness (QED) is 0.666. The van der Waals surface area contributed by atoms with Gasteiger partial charge in [0.15, 0.2) is 5.82 Å². The van der Waals surface area contributed by atoms with E-state index in [-0.39, 0.29) is 24.7 Å². The number of hydrogen-bond acceptors (Lipinski definition) is 6. The molecule has 3 heterocycles. The highest BCUT2D eigenvalue weighted by Gasteiger charge is 2.32. The Morgan fingerprint density at radius 2 is 2.23 bits per heavy atom. The van der Waals surface area contributed by atoms with Crippen LogP contribution in [0.15, 0.2) is 48.9 Å². The van der Waals surface area contributed by atoms with Crippen LogP contribution in [0.1, 0.15) is 18.2 Å². The molecule has 0 aliphatic carbocycles. The lowest BCUT2D eigenvalue weighted by Crippen LogP contribution is -2.33. The van der Waals surface area contributed by atoms with Crippen molar-refractivity contribution in [3.05, 3.63) is 66.0 Å². The van der Waals surface area contributed by atoms with Crippen molar-refractivity contribution in [1.82, 2.24) is 25.3 Å². The first-order chi connectivity index (χ1) is 14.5. The fourth-order valence-electron chi connectivity index (χ4n) is 3.15. The van der Waals surface area contributed by atoms with Gasteiger partial charge in [0.1, 0.15) is 11.8 Å². The summed E-state index contributed by atoms with van der Waals surface area (Å²) in [5.41, 5.74) is 2.23. The van der Waals surface area contributed by atoms with Gasteiger partial charge in [-0.3, -0.25) is 14.7 Å². The number of cyclic esters (lactones) is 1. The van der Waals surface area contributed by atoms with Gasteiger partial charge >= 0.3 is 6.09 Å². The molecule has 4 rings (SSSR count). The Hall–Kier alpha value is -3.82. The van der Waals surface area contributed by atoms with Crippen molar-refractivity contribution in [3.8, 4) is 5.69 Å². The van der Waals surface area contributed by atoms with E-state index in [1.54, 1.807) is 24.7 Å². The van der Waals surface area contributed by atoms with Crippen molar-refractivity contribution >= 4 is 17.7 Å². The van der Waals surface area contributed by atoms with Gasteiger partial charge in [-0.2, -0.15) is 0 Å². The zero-order valence-corrected chi connectivity index (χ0v) is 16.2. The van der Waals surface area contributed by atoms with Crippen LogP contribution in [-0.2, 0) is 16.0 Å². The molecule has 154 valence electrons. The first-order valence-corrected chi connectivity index (χ1v) is 9.32. The van der Waals surface area contributed by atoms with E-state index >= 15 is 0 Å². The summed E-state index contributed by atoms with van der Waals surface area (Å²) in [6.45, 7) is 1.81. The smallest absolute Gasteiger partial charge is 0.414 e. The van der Waals surface area contributed by atoms with Gasteiger partial charge in [-0.15, -0.1) is 5.10 Å². The first kappa shape index (κ1) is 19.5. The van der Waals surface area contributed by atoms with Gasteiger partial charge in [0.25, 0.3) is 0 Å². The van der Waals surface area contributed by atoms with Gasteiger partial charge in [-0.05, 0) is 29.8 Å². The van der Waals surface area contributed by atoms with E-state index in [1.165, 1.54) is 28.6 Å². The number of aromatic nitrogens is 4. The molecule has 2 amide bonds. The van der Waals surface area contributed by atoms with Crippen LogP contribution < -0.4 is 10.2 Å². The van der Waals surface area contributed by atoms with E-state index in [1.807, 2.05) is 12.1 Å². The Bertz CT molecular complexity index is 1070.